The average molecular weight is 388 g/mol. The van der Waals surface area contributed by atoms with Gasteiger partial charge in [-0.05, 0) is 43.8 Å². The van der Waals surface area contributed by atoms with Crippen LogP contribution in [0.1, 0.15) is 30.7 Å². The molecule has 1 saturated heterocycles. The molecule has 2 aromatic heterocycles. The largest absolute Gasteiger partial charge is 0.417 e. The van der Waals surface area contributed by atoms with Crippen molar-refractivity contribution in [2.24, 2.45) is 11.3 Å². The van der Waals surface area contributed by atoms with Crippen LogP contribution in [0, 0.1) is 11.3 Å². The standard InChI is InChI=1S/C16H17ClF3N5O/c17-11-5-9(16(18,19)20)8-25-12(23-24-13(11)25)7-22-14(26)10-6-15(10)1-3-21-4-2-15/h5,8,10,21H,1-4,6-7H2,(H,22,26). The molecule has 1 saturated carbocycles. The van der Waals surface area contributed by atoms with Crippen LogP contribution >= 0.6 is 11.6 Å². The van der Waals surface area contributed by atoms with Crippen LogP contribution in [0.5, 0.6) is 0 Å². The molecule has 1 atom stereocenters. The lowest BCUT2D eigenvalue weighted by Gasteiger charge is -2.23. The van der Waals surface area contributed by atoms with Gasteiger partial charge in [0.05, 0.1) is 17.1 Å². The van der Waals surface area contributed by atoms with Crippen molar-refractivity contribution < 1.29 is 18.0 Å². The van der Waals surface area contributed by atoms with Crippen molar-refractivity contribution in [1.29, 1.82) is 0 Å². The molecule has 0 bridgehead atoms. The summed E-state index contributed by atoms with van der Waals surface area (Å²) in [6.07, 6.45) is -0.815. The van der Waals surface area contributed by atoms with E-state index < -0.39 is 11.7 Å². The van der Waals surface area contributed by atoms with Gasteiger partial charge < -0.3 is 10.6 Å². The minimum absolute atomic E-state index is 0.00245. The van der Waals surface area contributed by atoms with E-state index in [2.05, 4.69) is 20.8 Å². The Morgan fingerprint density at radius 3 is 2.81 bits per heavy atom. The summed E-state index contributed by atoms with van der Waals surface area (Å²) in [6.45, 7) is 1.83. The third-order valence-corrected chi connectivity index (χ3v) is 5.66. The summed E-state index contributed by atoms with van der Waals surface area (Å²) < 4.78 is 40.1. The van der Waals surface area contributed by atoms with Crippen LogP contribution in [0.3, 0.4) is 0 Å². The first-order valence-corrected chi connectivity index (χ1v) is 8.77. The van der Waals surface area contributed by atoms with Crippen molar-refractivity contribution in [1.82, 2.24) is 25.2 Å². The minimum Gasteiger partial charge on any atom is -0.349 e. The molecule has 0 aromatic carbocycles. The molecular formula is C16H17ClF3N5O. The van der Waals surface area contributed by atoms with Crippen molar-refractivity contribution in [2.75, 3.05) is 13.1 Å². The van der Waals surface area contributed by atoms with Gasteiger partial charge in [0.1, 0.15) is 0 Å². The number of carbonyl (C=O) groups excluding carboxylic acids is 1. The van der Waals surface area contributed by atoms with E-state index in [0.29, 0.717) is 0 Å². The van der Waals surface area contributed by atoms with Crippen LogP contribution in [0.2, 0.25) is 5.02 Å². The van der Waals surface area contributed by atoms with E-state index in [1.165, 1.54) is 4.40 Å². The minimum atomic E-state index is -4.53. The molecule has 6 nitrogen and oxygen atoms in total. The summed E-state index contributed by atoms with van der Waals surface area (Å²) in [5.41, 5.74) is -0.668. The Morgan fingerprint density at radius 2 is 2.12 bits per heavy atom. The molecule has 1 unspecified atom stereocenters. The van der Waals surface area contributed by atoms with Gasteiger partial charge in [0, 0.05) is 12.1 Å². The van der Waals surface area contributed by atoms with Gasteiger partial charge in [-0.1, -0.05) is 11.6 Å². The maximum absolute atomic E-state index is 13.0. The molecule has 1 aliphatic carbocycles. The molecule has 3 heterocycles. The highest BCUT2D eigenvalue weighted by Gasteiger charge is 2.57. The van der Waals surface area contributed by atoms with Crippen molar-refractivity contribution in [3.8, 4) is 0 Å². The Labute approximate surface area is 152 Å². The maximum atomic E-state index is 13.0. The fourth-order valence-electron chi connectivity index (χ4n) is 3.76. The summed E-state index contributed by atoms with van der Waals surface area (Å²) in [4.78, 5) is 12.4. The van der Waals surface area contributed by atoms with E-state index in [1.807, 2.05) is 0 Å². The predicted octanol–water partition coefficient (Wildman–Crippen LogP) is 2.41. The molecule has 1 amide bonds. The van der Waals surface area contributed by atoms with E-state index >= 15 is 0 Å². The summed E-state index contributed by atoms with van der Waals surface area (Å²) in [6, 6.07) is 0.818. The number of nitrogens with one attached hydrogen (secondary N) is 2. The fraction of sp³-hybridized carbons (Fsp3) is 0.562. The van der Waals surface area contributed by atoms with Gasteiger partial charge in [0.2, 0.25) is 5.91 Å². The molecule has 2 aromatic rings. The molecule has 4 rings (SSSR count). The number of hydrogen-bond donors (Lipinski definition) is 2. The van der Waals surface area contributed by atoms with E-state index in [0.717, 1.165) is 44.6 Å². The SMILES string of the molecule is O=C(NCc1nnc2c(Cl)cc(C(F)(F)F)cn12)C1CC12CCNCC2. The zero-order valence-corrected chi connectivity index (χ0v) is 14.5. The number of aromatic nitrogens is 3. The first-order valence-electron chi connectivity index (χ1n) is 8.39. The van der Waals surface area contributed by atoms with Gasteiger partial charge in [-0.3, -0.25) is 9.20 Å². The molecule has 2 fully saturated rings. The molecule has 1 aliphatic heterocycles. The molecule has 1 spiro atoms. The summed E-state index contributed by atoms with van der Waals surface area (Å²) >= 11 is 5.89. The number of pyridine rings is 1. The van der Waals surface area contributed by atoms with Gasteiger partial charge in [-0.25, -0.2) is 0 Å². The smallest absolute Gasteiger partial charge is 0.349 e. The van der Waals surface area contributed by atoms with Gasteiger partial charge >= 0.3 is 6.18 Å². The monoisotopic (exact) mass is 387 g/mol. The number of piperidine rings is 1. The molecule has 10 heteroatoms. The average Bonchev–Trinajstić information content (AvgIpc) is 3.11. The van der Waals surface area contributed by atoms with Gasteiger partial charge in [-0.15, -0.1) is 10.2 Å². The van der Waals surface area contributed by atoms with Crippen LogP contribution in [-0.4, -0.2) is 33.6 Å². The van der Waals surface area contributed by atoms with Crippen molar-refractivity contribution in [2.45, 2.75) is 32.0 Å². The molecule has 2 aliphatic rings. The Hall–Kier alpha value is -1.87. The van der Waals surface area contributed by atoms with Gasteiger partial charge in [0.15, 0.2) is 11.5 Å². The Balaban J connectivity index is 1.49. The number of amides is 1. The number of fused-ring (bicyclic) bond motifs is 1. The number of nitrogens with zero attached hydrogens (tertiary/aromatic N) is 3. The molecule has 2 N–H and O–H groups in total. The number of carbonyl (C=O) groups is 1. The second kappa shape index (κ2) is 6.09. The summed E-state index contributed by atoms with van der Waals surface area (Å²) in [7, 11) is 0. The predicted molar refractivity (Wildman–Crippen MR) is 87.5 cm³/mol. The third-order valence-electron chi connectivity index (χ3n) is 5.38. The van der Waals surface area contributed by atoms with Crippen LogP contribution in [-0.2, 0) is 17.5 Å². The molecular weight excluding hydrogens is 371 g/mol. The highest BCUT2D eigenvalue weighted by Crippen LogP contribution is 2.58. The number of rotatable bonds is 3. The first kappa shape index (κ1) is 17.5. The Morgan fingerprint density at radius 1 is 1.38 bits per heavy atom. The quantitative estimate of drug-likeness (QED) is 0.848. The maximum Gasteiger partial charge on any atom is 0.417 e. The van der Waals surface area contributed by atoms with Crippen LogP contribution in [0.25, 0.3) is 5.65 Å². The van der Waals surface area contributed by atoms with E-state index in [1.54, 1.807) is 0 Å². The van der Waals surface area contributed by atoms with E-state index in [4.69, 9.17) is 11.6 Å². The van der Waals surface area contributed by atoms with Crippen molar-refractivity contribution >= 4 is 23.2 Å². The van der Waals surface area contributed by atoms with E-state index in [-0.39, 0.29) is 40.3 Å². The highest BCUT2D eigenvalue weighted by molar-refractivity contribution is 6.33. The third kappa shape index (κ3) is 3.03. The number of alkyl halides is 3. The van der Waals surface area contributed by atoms with Gasteiger partial charge in [0.25, 0.3) is 0 Å². The zero-order chi connectivity index (χ0) is 18.5. The topological polar surface area (TPSA) is 71.3 Å². The second-order valence-corrected chi connectivity index (χ2v) is 7.38. The lowest BCUT2D eigenvalue weighted by Crippen LogP contribution is -2.33. The van der Waals surface area contributed by atoms with Crippen LogP contribution in [0.4, 0.5) is 13.2 Å². The van der Waals surface area contributed by atoms with Crippen molar-refractivity contribution in [3.05, 3.63) is 28.7 Å². The van der Waals surface area contributed by atoms with Crippen LogP contribution in [0.15, 0.2) is 12.3 Å². The second-order valence-electron chi connectivity index (χ2n) is 6.97. The normalized spacial score (nSPS) is 21.9. The highest BCUT2D eigenvalue weighted by atomic mass is 35.5. The number of halogens is 4. The summed E-state index contributed by atoms with van der Waals surface area (Å²) in [5.74, 6) is 0.0983. The van der Waals surface area contributed by atoms with Gasteiger partial charge in [-0.2, -0.15) is 13.2 Å². The lowest BCUT2D eigenvalue weighted by atomic mass is 9.92. The van der Waals surface area contributed by atoms with Crippen molar-refractivity contribution in [3.63, 3.8) is 0 Å². The zero-order valence-electron chi connectivity index (χ0n) is 13.7. The summed E-state index contributed by atoms with van der Waals surface area (Å²) in [5, 5.41) is 13.6. The molecule has 0 radical (unpaired) electrons. The lowest BCUT2D eigenvalue weighted by molar-refractivity contribution is -0.137. The first-order chi connectivity index (χ1) is 12.3. The Bertz CT molecular complexity index is 859. The fourth-order valence-corrected chi connectivity index (χ4v) is 4.01. The number of hydrogen-bond acceptors (Lipinski definition) is 4. The Kier molecular flexibility index (Phi) is 4.11. The molecule has 26 heavy (non-hydrogen) atoms. The molecule has 140 valence electrons. The van der Waals surface area contributed by atoms with E-state index in [9.17, 15) is 18.0 Å². The van der Waals surface area contributed by atoms with Crippen LogP contribution < -0.4 is 10.6 Å².